The average molecular weight is 342 g/mol. The normalized spacial score (nSPS) is 24.8. The number of aromatic nitrogens is 2. The molecule has 9 heteroatoms. The summed E-state index contributed by atoms with van der Waals surface area (Å²) in [6, 6.07) is 0. The molecule has 2 rings (SSSR count). The van der Waals surface area contributed by atoms with Crippen LogP contribution < -0.4 is 11.2 Å². The second-order valence-electron chi connectivity index (χ2n) is 5.79. The fourth-order valence-electron chi connectivity index (χ4n) is 2.63. The fourth-order valence-corrected chi connectivity index (χ4v) is 2.63. The maximum atomic E-state index is 12.0. The number of nitrogens with one attached hydrogen (secondary N) is 1. The van der Waals surface area contributed by atoms with Crippen LogP contribution >= 0.6 is 0 Å². The van der Waals surface area contributed by atoms with Gasteiger partial charge in [-0.1, -0.05) is 6.92 Å². The molecule has 3 N–H and O–H groups in total. The van der Waals surface area contributed by atoms with Gasteiger partial charge >= 0.3 is 11.7 Å². The number of carbonyl (C=O) groups excluding carboxylic acids is 1. The van der Waals surface area contributed by atoms with Crippen LogP contribution in [0.25, 0.3) is 0 Å². The largest absolute Gasteiger partial charge is 0.466 e. The van der Waals surface area contributed by atoms with Crippen LogP contribution in [0.15, 0.2) is 15.8 Å². The summed E-state index contributed by atoms with van der Waals surface area (Å²) in [5.74, 6) is -0.972. The number of aromatic amines is 1. The van der Waals surface area contributed by atoms with E-state index in [1.54, 1.807) is 13.8 Å². The number of ether oxygens (including phenoxy) is 2. The molecular weight excluding hydrogens is 320 g/mol. The molecule has 1 aliphatic heterocycles. The lowest BCUT2D eigenvalue weighted by atomic mass is 10.0. The zero-order chi connectivity index (χ0) is 17.9. The summed E-state index contributed by atoms with van der Waals surface area (Å²) in [4.78, 5) is 37.8. The zero-order valence-corrected chi connectivity index (χ0v) is 13.6. The first-order chi connectivity index (χ1) is 11.4. The highest BCUT2D eigenvalue weighted by Gasteiger charge is 2.35. The molecule has 1 aromatic rings. The Morgan fingerprint density at radius 1 is 1.54 bits per heavy atom. The monoisotopic (exact) mass is 342 g/mol. The molecule has 1 saturated heterocycles. The van der Waals surface area contributed by atoms with E-state index in [2.05, 4.69) is 4.98 Å². The Kier molecular flexibility index (Phi) is 5.92. The fraction of sp³-hybridized carbons (Fsp3) is 0.667. The van der Waals surface area contributed by atoms with Gasteiger partial charge in [0.1, 0.15) is 12.3 Å². The van der Waals surface area contributed by atoms with Crippen LogP contribution in [0, 0.1) is 5.92 Å². The van der Waals surface area contributed by atoms with Crippen LogP contribution in [0.2, 0.25) is 0 Å². The number of rotatable bonds is 6. The third kappa shape index (κ3) is 3.92. The molecule has 2 unspecified atom stereocenters. The Bertz CT molecular complexity index is 696. The third-order valence-electron chi connectivity index (χ3n) is 3.95. The van der Waals surface area contributed by atoms with E-state index in [9.17, 15) is 19.5 Å². The topological polar surface area (TPSA) is 131 Å². The van der Waals surface area contributed by atoms with Gasteiger partial charge in [0.05, 0.1) is 25.2 Å². The molecule has 134 valence electrons. The summed E-state index contributed by atoms with van der Waals surface area (Å²) >= 11 is 0. The molecule has 1 fully saturated rings. The third-order valence-corrected chi connectivity index (χ3v) is 3.95. The summed E-state index contributed by atoms with van der Waals surface area (Å²) in [7, 11) is 0. The number of hydrogen-bond donors (Lipinski definition) is 3. The van der Waals surface area contributed by atoms with Gasteiger partial charge in [-0.3, -0.25) is 19.1 Å². The first-order valence-corrected chi connectivity index (χ1v) is 7.82. The maximum absolute atomic E-state index is 12.0. The molecule has 0 saturated carbocycles. The molecular formula is C15H22N2O7. The van der Waals surface area contributed by atoms with Crippen molar-refractivity contribution >= 4 is 5.97 Å². The van der Waals surface area contributed by atoms with Crippen molar-refractivity contribution in [2.45, 2.75) is 45.1 Å². The minimum absolute atomic E-state index is 0.104. The van der Waals surface area contributed by atoms with Crippen LogP contribution in [0.3, 0.4) is 0 Å². The Balaban J connectivity index is 2.24. The van der Waals surface area contributed by atoms with Crippen LogP contribution in [0.1, 0.15) is 32.1 Å². The molecule has 0 amide bonds. The molecule has 2 heterocycles. The van der Waals surface area contributed by atoms with Crippen molar-refractivity contribution in [2.75, 3.05) is 13.2 Å². The highest BCUT2D eigenvalue weighted by molar-refractivity contribution is 5.72. The van der Waals surface area contributed by atoms with Crippen molar-refractivity contribution < 1.29 is 24.5 Å². The highest BCUT2D eigenvalue weighted by atomic mass is 16.5. The average Bonchev–Trinajstić information content (AvgIpc) is 2.90. The predicted molar refractivity (Wildman–Crippen MR) is 82.4 cm³/mol. The molecule has 0 radical (unpaired) electrons. The van der Waals surface area contributed by atoms with Crippen LogP contribution in [0.4, 0.5) is 0 Å². The second-order valence-corrected chi connectivity index (χ2v) is 5.79. The van der Waals surface area contributed by atoms with Crippen LogP contribution in [0.5, 0.6) is 0 Å². The van der Waals surface area contributed by atoms with Crippen molar-refractivity contribution in [2.24, 2.45) is 5.92 Å². The van der Waals surface area contributed by atoms with Crippen molar-refractivity contribution in [3.05, 3.63) is 32.6 Å². The summed E-state index contributed by atoms with van der Waals surface area (Å²) in [5.41, 5.74) is -1.02. The van der Waals surface area contributed by atoms with Crippen molar-refractivity contribution in [3.8, 4) is 0 Å². The molecule has 1 aliphatic rings. The minimum Gasteiger partial charge on any atom is -0.466 e. The van der Waals surface area contributed by atoms with Gasteiger partial charge in [-0.05, 0) is 13.3 Å². The molecule has 0 aliphatic carbocycles. The molecule has 0 spiro atoms. The number of esters is 1. The van der Waals surface area contributed by atoms with E-state index in [1.165, 1.54) is 6.20 Å². The molecule has 9 nitrogen and oxygen atoms in total. The smallest absolute Gasteiger partial charge is 0.330 e. The van der Waals surface area contributed by atoms with Gasteiger partial charge in [-0.2, -0.15) is 0 Å². The van der Waals surface area contributed by atoms with Gasteiger partial charge in [0.15, 0.2) is 0 Å². The quantitative estimate of drug-likeness (QED) is 0.560. The van der Waals surface area contributed by atoms with Crippen molar-refractivity contribution in [1.82, 2.24) is 9.55 Å². The lowest BCUT2D eigenvalue weighted by molar-refractivity contribution is -0.147. The van der Waals surface area contributed by atoms with Crippen LogP contribution in [-0.4, -0.2) is 51.2 Å². The first kappa shape index (κ1) is 18.4. The Labute approximate surface area is 137 Å². The predicted octanol–water partition coefficient (Wildman–Crippen LogP) is -1.08. The summed E-state index contributed by atoms with van der Waals surface area (Å²) < 4.78 is 11.5. The number of H-pyrrole nitrogens is 1. The SMILES string of the molecule is CCOC(=O)C(C)Cc1cn([C@@H]2CC(O)[C@@H](CO)O2)c(=O)[nH]c1=O. The van der Waals surface area contributed by atoms with Crippen LogP contribution in [-0.2, 0) is 20.7 Å². The van der Waals surface area contributed by atoms with Crippen molar-refractivity contribution in [1.29, 1.82) is 0 Å². The van der Waals surface area contributed by atoms with Gasteiger partial charge in [-0.15, -0.1) is 0 Å². The van der Waals surface area contributed by atoms with E-state index in [1.807, 2.05) is 0 Å². The van der Waals surface area contributed by atoms with Crippen molar-refractivity contribution in [3.63, 3.8) is 0 Å². The summed E-state index contributed by atoms with van der Waals surface area (Å²) in [6.07, 6.45) is -0.930. The summed E-state index contributed by atoms with van der Waals surface area (Å²) in [6.45, 7) is 3.19. The summed E-state index contributed by atoms with van der Waals surface area (Å²) in [5, 5.41) is 18.9. The van der Waals surface area contributed by atoms with E-state index in [-0.39, 0.29) is 31.6 Å². The van der Waals surface area contributed by atoms with E-state index in [4.69, 9.17) is 14.6 Å². The zero-order valence-electron chi connectivity index (χ0n) is 13.6. The lowest BCUT2D eigenvalue weighted by Gasteiger charge is -2.16. The van der Waals surface area contributed by atoms with E-state index >= 15 is 0 Å². The number of nitrogens with zero attached hydrogens (tertiary/aromatic N) is 1. The van der Waals surface area contributed by atoms with E-state index in [0.29, 0.717) is 0 Å². The molecule has 1 aromatic heterocycles. The minimum atomic E-state index is -0.902. The molecule has 0 bridgehead atoms. The molecule has 0 aromatic carbocycles. The number of aliphatic hydroxyl groups excluding tert-OH is 2. The van der Waals surface area contributed by atoms with E-state index < -0.39 is 41.6 Å². The Hall–Kier alpha value is -1.97. The van der Waals surface area contributed by atoms with Gasteiger partial charge < -0.3 is 19.7 Å². The highest BCUT2D eigenvalue weighted by Crippen LogP contribution is 2.27. The number of hydrogen-bond acceptors (Lipinski definition) is 7. The maximum Gasteiger partial charge on any atom is 0.330 e. The van der Waals surface area contributed by atoms with Gasteiger partial charge in [-0.25, -0.2) is 4.79 Å². The van der Waals surface area contributed by atoms with E-state index in [0.717, 1.165) is 4.57 Å². The standard InChI is InChI=1S/C15H22N2O7/c1-3-23-14(21)8(2)4-9-6-17(15(22)16-13(9)20)12-5-10(19)11(7-18)24-12/h6,8,10-12,18-19H,3-5,7H2,1-2H3,(H,16,20,22)/t8?,10?,11-,12+/m1/s1. The van der Waals surface area contributed by atoms with Gasteiger partial charge in [0, 0.05) is 18.2 Å². The van der Waals surface area contributed by atoms with Gasteiger partial charge in [0.25, 0.3) is 5.56 Å². The van der Waals surface area contributed by atoms with Gasteiger partial charge in [0.2, 0.25) is 0 Å². The lowest BCUT2D eigenvalue weighted by Crippen LogP contribution is -2.35. The number of aliphatic hydroxyl groups is 2. The number of carbonyl (C=O) groups is 1. The first-order valence-electron chi connectivity index (χ1n) is 7.82. The Morgan fingerprint density at radius 3 is 2.83 bits per heavy atom. The second kappa shape index (κ2) is 7.73. The Morgan fingerprint density at radius 2 is 2.25 bits per heavy atom. The molecule has 4 atom stereocenters. The molecule has 24 heavy (non-hydrogen) atoms.